The van der Waals surface area contributed by atoms with Crippen LogP contribution in [0.15, 0.2) is 29.8 Å². The van der Waals surface area contributed by atoms with Crippen molar-refractivity contribution in [3.8, 4) is 0 Å². The van der Waals surface area contributed by atoms with Crippen LogP contribution in [0.25, 0.3) is 6.08 Å². The second-order valence-corrected chi connectivity index (χ2v) is 18.1. The van der Waals surface area contributed by atoms with Crippen LogP contribution in [0.3, 0.4) is 0 Å². The third-order valence-electron chi connectivity index (χ3n) is 4.77. The van der Waals surface area contributed by atoms with Crippen LogP contribution >= 0.6 is 24.8 Å². The molecule has 2 N–H and O–H groups in total. The summed E-state index contributed by atoms with van der Waals surface area (Å²) < 4.78 is 5.40. The number of fused-ring (bicyclic) bond motifs is 1. The van der Waals surface area contributed by atoms with E-state index in [1.54, 1.807) is 0 Å². The first-order valence-electron chi connectivity index (χ1n) is 8.29. The molecule has 0 aromatic heterocycles. The van der Waals surface area contributed by atoms with Gasteiger partial charge < -0.3 is 0 Å². The van der Waals surface area contributed by atoms with Crippen LogP contribution in [0.5, 0.6) is 0 Å². The number of hydrogen-bond donors (Lipinski definition) is 2. The van der Waals surface area contributed by atoms with E-state index >= 15 is 0 Å². The summed E-state index contributed by atoms with van der Waals surface area (Å²) in [6, 6.07) is 8.70. The summed E-state index contributed by atoms with van der Waals surface area (Å²) in [4.78, 5) is 4.88. The third kappa shape index (κ3) is 5.03. The summed E-state index contributed by atoms with van der Waals surface area (Å²) >= 11 is -3.33. The Hall–Kier alpha value is 0.0443. The zero-order chi connectivity index (χ0) is 16.6. The minimum atomic E-state index is -3.33. The van der Waals surface area contributed by atoms with E-state index in [1.807, 2.05) is 0 Å². The van der Waals surface area contributed by atoms with Crippen LogP contribution in [0, 0.1) is 0 Å². The Balaban J connectivity index is 0.00000264. The molecule has 1 atom stereocenters. The standard InChI is InChI=1S/C10H9.C4H10N.C3H7O.CH3.CH2.2ClH.Ti/c1-8-6-9-4-2-3-5-10(9)7-8;1-4(2,3)5;1-2-3-4;;;;;/h2-7H,1H3;5H,1-3H3;4H,1-3H2;1H3;1H2;2*1H;/q;-1;;;;;;+1. The van der Waals surface area contributed by atoms with E-state index in [-0.39, 0.29) is 37.0 Å². The Morgan fingerprint density at radius 1 is 1.21 bits per heavy atom. The third-order valence-corrected chi connectivity index (χ3v) is 13.7. The molecule has 5 heteroatoms. The van der Waals surface area contributed by atoms with Crippen molar-refractivity contribution >= 4 is 35.7 Å². The molecule has 0 radical (unpaired) electrons. The first kappa shape index (κ1) is 24.0. The molecule has 0 spiro atoms. The van der Waals surface area contributed by atoms with Crippen molar-refractivity contribution in [1.29, 1.82) is 0 Å². The molecule has 0 aliphatic heterocycles. The number of aliphatic hydroxyl groups excluding tert-OH is 1. The molecule has 2 nitrogen and oxygen atoms in total. The molecular weight excluding hydrogens is 377 g/mol. The van der Waals surface area contributed by atoms with Crippen LogP contribution in [0.2, 0.25) is 9.95 Å². The second kappa shape index (κ2) is 8.16. The Kier molecular flexibility index (Phi) is 8.18. The summed E-state index contributed by atoms with van der Waals surface area (Å²) in [5, 5.41) is 11.8. The summed E-state index contributed by atoms with van der Waals surface area (Å²) in [6.07, 6.45) is 3.15. The van der Waals surface area contributed by atoms with Gasteiger partial charge in [0, 0.05) is 0 Å². The number of hydrogen-bond acceptors (Lipinski definition) is 2. The molecule has 1 aromatic rings. The number of nitrogens with one attached hydrogen (secondary N) is 1. The SMILES string of the molecule is Cl.Cl.[CH2]=[Ti]([CH3])([CH2]CCO)([NH]C(C)(C)C)[CH]1C(C)=Cc2ccccc21. The molecule has 1 aromatic carbocycles. The number of allylic oxidation sites excluding steroid dienone is 1. The van der Waals surface area contributed by atoms with Crippen molar-refractivity contribution in [2.75, 3.05) is 6.61 Å². The molecule has 0 heterocycles. The van der Waals surface area contributed by atoms with E-state index in [9.17, 15) is 5.11 Å². The number of halogens is 2. The van der Waals surface area contributed by atoms with Gasteiger partial charge in [-0.25, -0.2) is 0 Å². The molecule has 1 unspecified atom stereocenters. The van der Waals surface area contributed by atoms with Gasteiger partial charge in [-0.1, -0.05) is 0 Å². The predicted octanol–water partition coefficient (Wildman–Crippen LogP) is 5.26. The first-order chi connectivity index (χ1) is 10.1. The molecule has 138 valence electrons. The fourth-order valence-corrected chi connectivity index (χ4v) is 14.8. The van der Waals surface area contributed by atoms with Gasteiger partial charge in [-0.15, -0.1) is 24.8 Å². The Bertz CT molecular complexity index is 664. The normalized spacial score (nSPS) is 17.5. The number of benzene rings is 1. The van der Waals surface area contributed by atoms with Crippen LogP contribution in [0.1, 0.15) is 49.5 Å². The van der Waals surface area contributed by atoms with Crippen LogP contribution in [-0.4, -0.2) is 22.1 Å². The number of aliphatic hydroxyl groups is 1. The van der Waals surface area contributed by atoms with Gasteiger partial charge in [-0.05, 0) is 0 Å². The number of rotatable bonds is 5. The first-order valence-corrected chi connectivity index (χ1v) is 13.7. The second-order valence-electron chi connectivity index (χ2n) is 8.55. The topological polar surface area (TPSA) is 32.3 Å². The monoisotopic (exact) mass is 409 g/mol. The van der Waals surface area contributed by atoms with Crippen molar-refractivity contribution in [1.82, 2.24) is 3.80 Å². The fourth-order valence-electron chi connectivity index (χ4n) is 4.57. The molecule has 1 aliphatic rings. The van der Waals surface area contributed by atoms with Crippen molar-refractivity contribution in [3.05, 3.63) is 41.0 Å². The van der Waals surface area contributed by atoms with Crippen molar-refractivity contribution < 1.29 is 20.2 Å². The summed E-state index contributed by atoms with van der Waals surface area (Å²) in [5.41, 5.74) is 4.21. The van der Waals surface area contributed by atoms with E-state index in [4.69, 9.17) is 4.82 Å². The van der Waals surface area contributed by atoms with Gasteiger partial charge in [0.05, 0.1) is 0 Å². The molecule has 2 rings (SSSR count). The fraction of sp³-hybridized carbons (Fsp3) is 0.526. The van der Waals surface area contributed by atoms with Gasteiger partial charge in [0.25, 0.3) is 0 Å². The van der Waals surface area contributed by atoms with Crippen LogP contribution in [-0.2, 0) is 15.1 Å². The molecule has 0 saturated carbocycles. The van der Waals surface area contributed by atoms with Gasteiger partial charge >= 0.3 is 136 Å². The maximum atomic E-state index is 9.41. The van der Waals surface area contributed by atoms with Crippen molar-refractivity contribution in [3.63, 3.8) is 0 Å². The zero-order valence-corrected chi connectivity index (χ0v) is 18.8. The van der Waals surface area contributed by atoms with E-state index in [0.717, 1.165) is 11.1 Å². The molecule has 0 amide bonds. The van der Waals surface area contributed by atoms with E-state index in [1.165, 1.54) is 16.7 Å². The molecule has 0 fully saturated rings. The summed E-state index contributed by atoms with van der Waals surface area (Å²) in [6.45, 7) is 9.16. The van der Waals surface area contributed by atoms with Gasteiger partial charge in [-0.3, -0.25) is 0 Å². The Labute approximate surface area is 160 Å². The molecule has 0 bridgehead atoms. The quantitative estimate of drug-likeness (QED) is 0.649. The van der Waals surface area contributed by atoms with Crippen molar-refractivity contribution in [2.45, 2.75) is 53.8 Å². The van der Waals surface area contributed by atoms with Gasteiger partial charge in [0.1, 0.15) is 0 Å². The molecule has 0 saturated heterocycles. The van der Waals surface area contributed by atoms with Crippen LogP contribution in [0.4, 0.5) is 0 Å². The summed E-state index contributed by atoms with van der Waals surface area (Å²) in [7, 11) is 0. The average molecular weight is 410 g/mol. The molecular formula is C19H33Cl2NOTi. The van der Waals surface area contributed by atoms with Crippen molar-refractivity contribution in [2.24, 2.45) is 0 Å². The molecule has 24 heavy (non-hydrogen) atoms. The summed E-state index contributed by atoms with van der Waals surface area (Å²) in [5.74, 6) is 0. The Morgan fingerprint density at radius 3 is 2.33 bits per heavy atom. The predicted molar refractivity (Wildman–Crippen MR) is 110 cm³/mol. The van der Waals surface area contributed by atoms with Gasteiger partial charge in [0.15, 0.2) is 0 Å². The van der Waals surface area contributed by atoms with E-state index < -0.39 is 15.1 Å². The maximum absolute atomic E-state index is 9.41. The van der Waals surface area contributed by atoms with E-state index in [2.05, 4.69) is 67.1 Å². The van der Waals surface area contributed by atoms with Crippen LogP contribution < -0.4 is 3.80 Å². The Morgan fingerprint density at radius 2 is 1.79 bits per heavy atom. The van der Waals surface area contributed by atoms with Gasteiger partial charge in [0.2, 0.25) is 0 Å². The molecule has 1 aliphatic carbocycles. The average Bonchev–Trinajstić information content (AvgIpc) is 2.71. The van der Waals surface area contributed by atoms with Gasteiger partial charge in [-0.2, -0.15) is 0 Å². The zero-order valence-electron chi connectivity index (χ0n) is 15.6. The van der Waals surface area contributed by atoms with E-state index in [0.29, 0.717) is 4.22 Å². The minimum absolute atomic E-state index is 0.